The maximum atomic E-state index is 12.1. The number of hydrogen-bond donors (Lipinski definition) is 1. The zero-order valence-electron chi connectivity index (χ0n) is 12.9. The van der Waals surface area contributed by atoms with Gasteiger partial charge in [0.2, 0.25) is 5.91 Å². The Morgan fingerprint density at radius 2 is 1.90 bits per heavy atom. The minimum atomic E-state index is 0.00729. The molecule has 108 valence electrons. The van der Waals surface area contributed by atoms with E-state index in [1.54, 1.807) is 6.08 Å². The Bertz CT molecular complexity index is 484. The second-order valence-electron chi connectivity index (χ2n) is 6.97. The van der Waals surface area contributed by atoms with E-state index in [1.165, 1.54) is 12.0 Å². The Morgan fingerprint density at radius 1 is 1.30 bits per heavy atom. The molecule has 1 fully saturated rings. The van der Waals surface area contributed by atoms with E-state index in [-0.39, 0.29) is 17.4 Å². The van der Waals surface area contributed by atoms with Crippen molar-refractivity contribution in [1.29, 1.82) is 0 Å². The maximum Gasteiger partial charge on any atom is 0.244 e. The summed E-state index contributed by atoms with van der Waals surface area (Å²) in [5.41, 5.74) is 1.24. The van der Waals surface area contributed by atoms with Gasteiger partial charge in [-0.1, -0.05) is 64.1 Å². The van der Waals surface area contributed by atoms with E-state index in [0.717, 1.165) is 0 Å². The predicted molar refractivity (Wildman–Crippen MR) is 83.2 cm³/mol. The van der Waals surface area contributed by atoms with E-state index in [2.05, 4.69) is 45.1 Å². The van der Waals surface area contributed by atoms with Gasteiger partial charge in [-0.3, -0.25) is 4.79 Å². The standard InChI is InChI=1S/C18H25NO/c1-13-12-15(13)17(14-8-6-5-7-9-14)19-16(20)10-11-18(2,3)4/h5-11,13,15,17H,12H2,1-4H3,(H,19,20)/b11-10+. The lowest BCUT2D eigenvalue weighted by atomic mass is 9.96. The van der Waals surface area contributed by atoms with E-state index in [9.17, 15) is 4.79 Å². The molecule has 1 aliphatic rings. The fourth-order valence-corrected chi connectivity index (χ4v) is 2.44. The van der Waals surface area contributed by atoms with Gasteiger partial charge in [0.15, 0.2) is 0 Å². The van der Waals surface area contributed by atoms with Gasteiger partial charge >= 0.3 is 0 Å². The molecule has 0 aromatic heterocycles. The third-order valence-electron chi connectivity index (χ3n) is 3.79. The maximum absolute atomic E-state index is 12.1. The zero-order valence-corrected chi connectivity index (χ0v) is 12.9. The van der Waals surface area contributed by atoms with Gasteiger partial charge in [-0.15, -0.1) is 0 Å². The highest BCUT2D eigenvalue weighted by Crippen LogP contribution is 2.46. The van der Waals surface area contributed by atoms with Crippen molar-refractivity contribution >= 4 is 5.91 Å². The molecule has 1 aromatic rings. The smallest absolute Gasteiger partial charge is 0.244 e. The van der Waals surface area contributed by atoms with E-state index >= 15 is 0 Å². The molecule has 1 amide bonds. The number of hydrogen-bond acceptors (Lipinski definition) is 1. The van der Waals surface area contributed by atoms with Gasteiger partial charge in [0.1, 0.15) is 0 Å². The molecule has 1 aromatic carbocycles. The average molecular weight is 271 g/mol. The van der Waals surface area contributed by atoms with E-state index < -0.39 is 0 Å². The Labute approximate surface area is 122 Å². The highest BCUT2D eigenvalue weighted by molar-refractivity contribution is 5.88. The summed E-state index contributed by atoms with van der Waals surface area (Å²) in [6.45, 7) is 8.52. The number of allylic oxidation sites excluding steroid dienone is 1. The fourth-order valence-electron chi connectivity index (χ4n) is 2.44. The first-order valence-corrected chi connectivity index (χ1v) is 7.41. The number of benzene rings is 1. The zero-order chi connectivity index (χ0) is 14.8. The van der Waals surface area contributed by atoms with Crippen LogP contribution in [-0.4, -0.2) is 5.91 Å². The Balaban J connectivity index is 2.06. The second kappa shape index (κ2) is 5.82. The number of nitrogens with one attached hydrogen (secondary N) is 1. The minimum absolute atomic E-state index is 0.00729. The lowest BCUT2D eigenvalue weighted by Crippen LogP contribution is -2.29. The van der Waals surface area contributed by atoms with Crippen LogP contribution in [0.4, 0.5) is 0 Å². The van der Waals surface area contributed by atoms with Crippen LogP contribution < -0.4 is 5.32 Å². The van der Waals surface area contributed by atoms with Crippen molar-refractivity contribution in [1.82, 2.24) is 5.32 Å². The van der Waals surface area contributed by atoms with Crippen LogP contribution in [0.1, 0.15) is 45.7 Å². The fraction of sp³-hybridized carbons (Fsp3) is 0.500. The normalized spacial score (nSPS) is 23.6. The van der Waals surface area contributed by atoms with Crippen LogP contribution in [0.5, 0.6) is 0 Å². The Kier molecular flexibility index (Phi) is 4.32. The third-order valence-corrected chi connectivity index (χ3v) is 3.79. The molecule has 20 heavy (non-hydrogen) atoms. The summed E-state index contributed by atoms with van der Waals surface area (Å²) in [6.07, 6.45) is 4.83. The molecule has 0 heterocycles. The molecule has 2 rings (SSSR count). The van der Waals surface area contributed by atoms with Gasteiger partial charge in [-0.2, -0.15) is 0 Å². The van der Waals surface area contributed by atoms with Crippen molar-refractivity contribution in [2.45, 2.75) is 40.2 Å². The molecular weight excluding hydrogens is 246 g/mol. The summed E-state index contributed by atoms with van der Waals surface area (Å²) >= 11 is 0. The summed E-state index contributed by atoms with van der Waals surface area (Å²) in [5.74, 6) is 1.28. The lowest BCUT2D eigenvalue weighted by molar-refractivity contribution is -0.117. The van der Waals surface area contributed by atoms with Crippen LogP contribution in [0.2, 0.25) is 0 Å². The van der Waals surface area contributed by atoms with Gasteiger partial charge in [0.05, 0.1) is 6.04 Å². The first-order chi connectivity index (χ1) is 9.37. The van der Waals surface area contributed by atoms with Crippen molar-refractivity contribution in [2.75, 3.05) is 0 Å². The van der Waals surface area contributed by atoms with Crippen LogP contribution in [0.15, 0.2) is 42.5 Å². The van der Waals surface area contributed by atoms with E-state index in [0.29, 0.717) is 11.8 Å². The number of carbonyl (C=O) groups excluding carboxylic acids is 1. The van der Waals surface area contributed by atoms with Crippen LogP contribution in [0.25, 0.3) is 0 Å². The average Bonchev–Trinajstić information content (AvgIpc) is 3.10. The molecule has 0 aliphatic heterocycles. The molecule has 3 unspecified atom stereocenters. The van der Waals surface area contributed by atoms with Gasteiger partial charge in [-0.05, 0) is 35.3 Å². The molecule has 1 aliphatic carbocycles. The highest BCUT2D eigenvalue weighted by Gasteiger charge is 2.40. The Hall–Kier alpha value is -1.57. The molecule has 2 heteroatoms. The van der Waals surface area contributed by atoms with Crippen molar-refractivity contribution in [3.8, 4) is 0 Å². The van der Waals surface area contributed by atoms with Gasteiger partial charge in [-0.25, -0.2) is 0 Å². The van der Waals surface area contributed by atoms with E-state index in [4.69, 9.17) is 0 Å². The molecular formula is C18H25NO. The second-order valence-corrected chi connectivity index (χ2v) is 6.97. The van der Waals surface area contributed by atoms with Crippen LogP contribution in [0.3, 0.4) is 0 Å². The van der Waals surface area contributed by atoms with Crippen LogP contribution in [-0.2, 0) is 4.79 Å². The minimum Gasteiger partial charge on any atom is -0.345 e. The first-order valence-electron chi connectivity index (χ1n) is 7.41. The largest absolute Gasteiger partial charge is 0.345 e. The van der Waals surface area contributed by atoms with Gasteiger partial charge in [0, 0.05) is 0 Å². The van der Waals surface area contributed by atoms with Crippen molar-refractivity contribution < 1.29 is 4.79 Å². The van der Waals surface area contributed by atoms with Crippen molar-refractivity contribution in [3.05, 3.63) is 48.0 Å². The monoisotopic (exact) mass is 271 g/mol. The molecule has 1 N–H and O–H groups in total. The SMILES string of the molecule is CC1CC1C(NC(=O)/C=C/C(C)(C)C)c1ccccc1. The third kappa shape index (κ3) is 4.22. The number of amides is 1. The Morgan fingerprint density at radius 3 is 2.40 bits per heavy atom. The summed E-state index contributed by atoms with van der Waals surface area (Å²) in [6, 6.07) is 10.4. The van der Waals surface area contributed by atoms with E-state index in [1.807, 2.05) is 24.3 Å². The number of carbonyl (C=O) groups is 1. The van der Waals surface area contributed by atoms with Crippen LogP contribution in [0, 0.1) is 17.3 Å². The topological polar surface area (TPSA) is 29.1 Å². The summed E-state index contributed by atoms with van der Waals surface area (Å²) in [4.78, 5) is 12.1. The summed E-state index contributed by atoms with van der Waals surface area (Å²) < 4.78 is 0. The molecule has 0 radical (unpaired) electrons. The molecule has 1 saturated carbocycles. The van der Waals surface area contributed by atoms with Crippen molar-refractivity contribution in [2.24, 2.45) is 17.3 Å². The highest BCUT2D eigenvalue weighted by atomic mass is 16.1. The van der Waals surface area contributed by atoms with Crippen molar-refractivity contribution in [3.63, 3.8) is 0 Å². The quantitative estimate of drug-likeness (QED) is 0.821. The first kappa shape index (κ1) is 14.8. The molecule has 2 nitrogen and oxygen atoms in total. The van der Waals surface area contributed by atoms with Gasteiger partial charge in [0.25, 0.3) is 0 Å². The predicted octanol–water partition coefficient (Wildman–Crippen LogP) is 4.10. The molecule has 3 atom stereocenters. The lowest BCUT2D eigenvalue weighted by Gasteiger charge is -2.19. The number of rotatable bonds is 4. The summed E-state index contributed by atoms with van der Waals surface area (Å²) in [7, 11) is 0. The molecule has 0 saturated heterocycles. The van der Waals surface area contributed by atoms with Gasteiger partial charge < -0.3 is 5.32 Å². The summed E-state index contributed by atoms with van der Waals surface area (Å²) in [5, 5.41) is 3.17. The molecule has 0 bridgehead atoms. The molecule has 0 spiro atoms. The van der Waals surface area contributed by atoms with Crippen LogP contribution >= 0.6 is 0 Å².